The van der Waals surface area contributed by atoms with Gasteiger partial charge in [0.1, 0.15) is 11.3 Å². The van der Waals surface area contributed by atoms with Gasteiger partial charge in [-0.25, -0.2) is 9.97 Å². The van der Waals surface area contributed by atoms with Crippen LogP contribution in [0.4, 0.5) is 5.82 Å². The van der Waals surface area contributed by atoms with Crippen LogP contribution in [0, 0.1) is 0 Å². The molecule has 106 valence electrons. The Kier molecular flexibility index (Phi) is 3.27. The minimum Gasteiger partial charge on any atom is -0.394 e. The average molecular weight is 274 g/mol. The fourth-order valence-corrected chi connectivity index (χ4v) is 2.59. The van der Waals surface area contributed by atoms with Crippen LogP contribution in [0.25, 0.3) is 11.2 Å². The number of morpholine rings is 1. The van der Waals surface area contributed by atoms with Crippen LogP contribution in [0.2, 0.25) is 0 Å². The fraction of sp³-hybridized carbons (Fsp3) is 0.500. The first-order valence-electron chi connectivity index (χ1n) is 6.69. The molecule has 1 aliphatic rings. The third kappa shape index (κ3) is 2.57. The molecule has 0 aliphatic carbocycles. The van der Waals surface area contributed by atoms with E-state index >= 15 is 0 Å². The van der Waals surface area contributed by atoms with Crippen LogP contribution in [-0.4, -0.2) is 51.5 Å². The highest BCUT2D eigenvalue weighted by Gasteiger charge is 2.33. The van der Waals surface area contributed by atoms with E-state index in [0.29, 0.717) is 12.2 Å². The molecule has 2 aromatic heterocycles. The molecule has 1 saturated heterocycles. The van der Waals surface area contributed by atoms with Crippen LogP contribution >= 0.6 is 0 Å². The Morgan fingerprint density at radius 1 is 1.35 bits per heavy atom. The smallest absolute Gasteiger partial charge is 0.180 e. The Morgan fingerprint density at radius 3 is 2.95 bits per heavy atom. The molecule has 2 aromatic rings. The van der Waals surface area contributed by atoms with Gasteiger partial charge in [0.15, 0.2) is 5.65 Å². The molecular weight excluding hydrogens is 256 g/mol. The van der Waals surface area contributed by atoms with Gasteiger partial charge in [0.25, 0.3) is 0 Å². The zero-order valence-corrected chi connectivity index (χ0v) is 11.7. The highest BCUT2D eigenvalue weighted by molar-refractivity contribution is 5.71. The summed E-state index contributed by atoms with van der Waals surface area (Å²) < 4.78 is 5.81. The molecule has 0 bridgehead atoms. The Labute approximate surface area is 117 Å². The highest BCUT2D eigenvalue weighted by atomic mass is 16.5. The third-order valence-corrected chi connectivity index (χ3v) is 3.33. The number of hydrogen-bond donors (Lipinski definition) is 1. The number of pyridine rings is 1. The standard InChI is InChI=1S/C14H18N4O2/c1-14(2)9-18(7-10(8-19)20-14)12-4-3-11-13(17-12)16-6-5-15-11/h3-6,10,19H,7-9H2,1-2H3. The summed E-state index contributed by atoms with van der Waals surface area (Å²) in [7, 11) is 0. The molecule has 0 spiro atoms. The van der Waals surface area contributed by atoms with Crippen LogP contribution in [0.15, 0.2) is 24.5 Å². The molecule has 0 aromatic carbocycles. The fourth-order valence-electron chi connectivity index (χ4n) is 2.59. The lowest BCUT2D eigenvalue weighted by Gasteiger charge is -2.42. The van der Waals surface area contributed by atoms with Crippen LogP contribution in [0.1, 0.15) is 13.8 Å². The van der Waals surface area contributed by atoms with Crippen molar-refractivity contribution in [2.24, 2.45) is 0 Å². The Morgan fingerprint density at radius 2 is 2.15 bits per heavy atom. The maximum Gasteiger partial charge on any atom is 0.180 e. The molecule has 0 saturated carbocycles. The van der Waals surface area contributed by atoms with Gasteiger partial charge in [-0.15, -0.1) is 0 Å². The molecule has 3 heterocycles. The van der Waals surface area contributed by atoms with E-state index in [1.165, 1.54) is 0 Å². The van der Waals surface area contributed by atoms with Crippen LogP contribution in [0.5, 0.6) is 0 Å². The lowest BCUT2D eigenvalue weighted by molar-refractivity contribution is -0.101. The molecule has 1 fully saturated rings. The summed E-state index contributed by atoms with van der Waals surface area (Å²) in [6.45, 7) is 5.39. The molecule has 1 aliphatic heterocycles. The minimum absolute atomic E-state index is 0.00726. The van der Waals surface area contributed by atoms with E-state index in [2.05, 4.69) is 19.9 Å². The maximum absolute atomic E-state index is 9.37. The van der Waals surface area contributed by atoms with Crippen molar-refractivity contribution in [1.82, 2.24) is 15.0 Å². The van der Waals surface area contributed by atoms with Crippen molar-refractivity contribution >= 4 is 17.0 Å². The van der Waals surface area contributed by atoms with Crippen LogP contribution in [-0.2, 0) is 4.74 Å². The van der Waals surface area contributed by atoms with E-state index in [-0.39, 0.29) is 18.3 Å². The predicted octanol–water partition coefficient (Wildman–Crippen LogP) is 1.00. The summed E-state index contributed by atoms with van der Waals surface area (Å²) in [5, 5.41) is 9.37. The van der Waals surface area contributed by atoms with Gasteiger partial charge in [-0.3, -0.25) is 4.98 Å². The van der Waals surface area contributed by atoms with Crippen molar-refractivity contribution in [3.8, 4) is 0 Å². The van der Waals surface area contributed by atoms with Gasteiger partial charge in [-0.05, 0) is 26.0 Å². The number of nitrogens with zero attached hydrogens (tertiary/aromatic N) is 4. The van der Waals surface area contributed by atoms with E-state index in [1.807, 2.05) is 26.0 Å². The molecule has 6 nitrogen and oxygen atoms in total. The number of rotatable bonds is 2. The zero-order valence-electron chi connectivity index (χ0n) is 11.7. The van der Waals surface area contributed by atoms with Crippen molar-refractivity contribution in [1.29, 1.82) is 0 Å². The van der Waals surface area contributed by atoms with E-state index < -0.39 is 0 Å². The Balaban J connectivity index is 1.93. The molecule has 1 N–H and O–H groups in total. The van der Waals surface area contributed by atoms with Gasteiger partial charge in [0.2, 0.25) is 0 Å². The molecule has 0 amide bonds. The topological polar surface area (TPSA) is 71.4 Å². The normalized spacial score (nSPS) is 22.1. The maximum atomic E-state index is 9.37. The van der Waals surface area contributed by atoms with Crippen molar-refractivity contribution in [2.75, 3.05) is 24.6 Å². The first kappa shape index (κ1) is 13.2. The monoisotopic (exact) mass is 274 g/mol. The molecule has 20 heavy (non-hydrogen) atoms. The van der Waals surface area contributed by atoms with Gasteiger partial charge in [0.05, 0.1) is 18.3 Å². The molecule has 3 rings (SSSR count). The molecular formula is C14H18N4O2. The second-order valence-electron chi connectivity index (χ2n) is 5.63. The number of hydrogen-bond acceptors (Lipinski definition) is 6. The highest BCUT2D eigenvalue weighted by Crippen LogP contribution is 2.25. The number of fused-ring (bicyclic) bond motifs is 1. The van der Waals surface area contributed by atoms with E-state index in [9.17, 15) is 5.11 Å². The third-order valence-electron chi connectivity index (χ3n) is 3.33. The molecule has 6 heteroatoms. The number of anilines is 1. The predicted molar refractivity (Wildman–Crippen MR) is 75.6 cm³/mol. The van der Waals surface area contributed by atoms with Crippen molar-refractivity contribution in [3.05, 3.63) is 24.5 Å². The second kappa shape index (κ2) is 4.96. The van der Waals surface area contributed by atoms with Crippen LogP contribution < -0.4 is 4.90 Å². The summed E-state index contributed by atoms with van der Waals surface area (Å²) >= 11 is 0. The summed E-state index contributed by atoms with van der Waals surface area (Å²) in [5.41, 5.74) is 1.10. The van der Waals surface area contributed by atoms with Gasteiger partial charge in [0, 0.05) is 25.5 Å². The summed E-state index contributed by atoms with van der Waals surface area (Å²) in [4.78, 5) is 15.1. The quantitative estimate of drug-likeness (QED) is 0.881. The number of ether oxygens (including phenoxy) is 1. The largest absolute Gasteiger partial charge is 0.394 e. The van der Waals surface area contributed by atoms with Crippen molar-refractivity contribution < 1.29 is 9.84 Å². The Hall–Kier alpha value is -1.79. The summed E-state index contributed by atoms with van der Waals surface area (Å²) in [5.74, 6) is 0.841. The van der Waals surface area contributed by atoms with E-state index in [0.717, 1.165) is 17.9 Å². The SMILES string of the molecule is CC1(C)CN(c2ccc3nccnc3n2)CC(CO)O1. The minimum atomic E-state index is -0.315. The lowest BCUT2D eigenvalue weighted by atomic mass is 10.1. The first-order valence-corrected chi connectivity index (χ1v) is 6.69. The number of aliphatic hydroxyl groups is 1. The van der Waals surface area contributed by atoms with Gasteiger partial charge in [-0.1, -0.05) is 0 Å². The molecule has 1 atom stereocenters. The number of aliphatic hydroxyl groups excluding tert-OH is 1. The first-order chi connectivity index (χ1) is 9.57. The number of aromatic nitrogens is 3. The average Bonchev–Trinajstić information content (AvgIpc) is 2.45. The van der Waals surface area contributed by atoms with Gasteiger partial charge < -0.3 is 14.7 Å². The second-order valence-corrected chi connectivity index (χ2v) is 5.63. The summed E-state index contributed by atoms with van der Waals surface area (Å²) in [6.07, 6.45) is 3.10. The van der Waals surface area contributed by atoms with E-state index in [1.54, 1.807) is 12.4 Å². The molecule has 0 radical (unpaired) electrons. The van der Waals surface area contributed by atoms with Gasteiger partial charge in [-0.2, -0.15) is 0 Å². The Bertz CT molecular complexity index is 617. The van der Waals surface area contributed by atoms with Crippen molar-refractivity contribution in [2.45, 2.75) is 25.6 Å². The molecule has 1 unspecified atom stereocenters. The van der Waals surface area contributed by atoms with Gasteiger partial charge >= 0.3 is 0 Å². The van der Waals surface area contributed by atoms with Crippen molar-refractivity contribution in [3.63, 3.8) is 0 Å². The zero-order chi connectivity index (χ0) is 14.2. The lowest BCUT2D eigenvalue weighted by Crippen LogP contribution is -2.54. The van der Waals surface area contributed by atoms with Crippen LogP contribution in [0.3, 0.4) is 0 Å². The summed E-state index contributed by atoms with van der Waals surface area (Å²) in [6, 6.07) is 3.86. The van der Waals surface area contributed by atoms with E-state index in [4.69, 9.17) is 4.74 Å².